The fourth-order valence-corrected chi connectivity index (χ4v) is 4.15. The molecule has 1 aliphatic carbocycles. The number of aliphatic hydroxyl groups is 2. The molecule has 2 unspecified atom stereocenters. The zero-order chi connectivity index (χ0) is 21.1. The third-order valence-electron chi connectivity index (χ3n) is 6.52. The first kappa shape index (κ1) is 24.9. The maximum absolute atomic E-state index is 11.1. The Morgan fingerprint density at radius 2 is 1.82 bits per heavy atom. The van der Waals surface area contributed by atoms with Gasteiger partial charge in [-0.05, 0) is 77.6 Å². The number of allylic oxidation sites excluding steroid dienone is 3. The van der Waals surface area contributed by atoms with Gasteiger partial charge in [0.1, 0.15) is 0 Å². The van der Waals surface area contributed by atoms with Crippen LogP contribution in [0.3, 0.4) is 0 Å². The van der Waals surface area contributed by atoms with Gasteiger partial charge in [-0.1, -0.05) is 49.5 Å². The van der Waals surface area contributed by atoms with Crippen molar-refractivity contribution in [3.8, 4) is 0 Å². The first-order valence-corrected chi connectivity index (χ1v) is 11.2. The van der Waals surface area contributed by atoms with E-state index in [9.17, 15) is 15.0 Å². The van der Waals surface area contributed by atoms with Crippen LogP contribution in [0.5, 0.6) is 0 Å². The minimum atomic E-state index is -0.683. The number of aliphatic carboxylic acids is 1. The Bertz CT molecular complexity index is 519. The zero-order valence-corrected chi connectivity index (χ0v) is 18.4. The van der Waals surface area contributed by atoms with Gasteiger partial charge in [0, 0.05) is 0 Å². The predicted octanol–water partition coefficient (Wildman–Crippen LogP) is 5.49. The predicted molar refractivity (Wildman–Crippen MR) is 115 cm³/mol. The number of rotatable bonds is 13. The Morgan fingerprint density at radius 3 is 2.43 bits per heavy atom. The van der Waals surface area contributed by atoms with Gasteiger partial charge in [-0.15, -0.1) is 0 Å². The summed E-state index contributed by atoms with van der Waals surface area (Å²) in [6, 6.07) is 0. The first-order valence-electron chi connectivity index (χ1n) is 11.2. The maximum Gasteiger partial charge on any atom is 0.306 e. The van der Waals surface area contributed by atoms with Gasteiger partial charge in [-0.25, -0.2) is 0 Å². The molecule has 4 nitrogen and oxygen atoms in total. The highest BCUT2D eigenvalue weighted by Crippen LogP contribution is 2.37. The van der Waals surface area contributed by atoms with Crippen molar-refractivity contribution >= 4 is 5.97 Å². The molecule has 5 atom stereocenters. The number of hydrogen-bond donors (Lipinski definition) is 3. The lowest BCUT2D eigenvalue weighted by Crippen LogP contribution is -2.18. The van der Waals surface area contributed by atoms with Gasteiger partial charge >= 0.3 is 5.97 Å². The number of aliphatic hydroxyl groups excluding tert-OH is 2. The fourth-order valence-electron chi connectivity index (χ4n) is 4.15. The highest BCUT2D eigenvalue weighted by Gasteiger charge is 2.32. The van der Waals surface area contributed by atoms with Crippen LogP contribution in [-0.2, 0) is 4.79 Å². The van der Waals surface area contributed by atoms with Crippen molar-refractivity contribution in [1.82, 2.24) is 0 Å². The summed E-state index contributed by atoms with van der Waals surface area (Å²) in [5.41, 5.74) is 2.67. The van der Waals surface area contributed by atoms with Crippen LogP contribution in [0.15, 0.2) is 23.3 Å². The summed E-state index contributed by atoms with van der Waals surface area (Å²) in [6.07, 6.45) is 12.3. The van der Waals surface area contributed by atoms with Crippen LogP contribution in [0.4, 0.5) is 0 Å². The van der Waals surface area contributed by atoms with Crippen molar-refractivity contribution in [2.45, 2.75) is 104 Å². The van der Waals surface area contributed by atoms with E-state index in [1.807, 2.05) is 13.0 Å². The summed E-state index contributed by atoms with van der Waals surface area (Å²) in [7, 11) is 0. The second-order valence-electron chi connectivity index (χ2n) is 8.83. The number of hydrogen-bond acceptors (Lipinski definition) is 3. The Balaban J connectivity index is 2.38. The van der Waals surface area contributed by atoms with Gasteiger partial charge in [0.05, 0.1) is 18.1 Å². The third kappa shape index (κ3) is 8.91. The Morgan fingerprint density at radius 1 is 1.11 bits per heavy atom. The molecule has 0 aromatic heterocycles. The van der Waals surface area contributed by atoms with Crippen LogP contribution >= 0.6 is 0 Å². The van der Waals surface area contributed by atoms with Gasteiger partial charge in [-0.3, -0.25) is 4.79 Å². The van der Waals surface area contributed by atoms with Crippen LogP contribution < -0.4 is 0 Å². The maximum atomic E-state index is 11.1. The molecule has 0 heterocycles. The largest absolute Gasteiger partial charge is 0.481 e. The Hall–Kier alpha value is -1.13. The highest BCUT2D eigenvalue weighted by atomic mass is 16.4. The van der Waals surface area contributed by atoms with E-state index in [2.05, 4.69) is 26.8 Å². The van der Waals surface area contributed by atoms with Crippen LogP contribution in [0, 0.1) is 17.8 Å². The quantitative estimate of drug-likeness (QED) is 0.285. The van der Waals surface area contributed by atoms with Crippen LogP contribution in [0.2, 0.25) is 0 Å². The molecule has 0 spiro atoms. The summed E-state index contributed by atoms with van der Waals surface area (Å²) >= 11 is 0. The van der Waals surface area contributed by atoms with Crippen molar-refractivity contribution in [1.29, 1.82) is 0 Å². The minimum absolute atomic E-state index is 0.218. The van der Waals surface area contributed by atoms with Crippen molar-refractivity contribution in [2.24, 2.45) is 17.8 Å². The summed E-state index contributed by atoms with van der Waals surface area (Å²) in [4.78, 5) is 11.1. The molecule has 0 aliphatic heterocycles. The Kier molecular flexibility index (Phi) is 11.7. The van der Waals surface area contributed by atoms with E-state index in [0.29, 0.717) is 12.3 Å². The average molecular weight is 395 g/mol. The highest BCUT2D eigenvalue weighted by molar-refractivity contribution is 5.69. The molecule has 0 bridgehead atoms. The van der Waals surface area contributed by atoms with E-state index in [1.54, 1.807) is 0 Å². The normalized spacial score (nSPS) is 24.4. The second kappa shape index (κ2) is 13.2. The molecule has 0 aromatic carbocycles. The van der Waals surface area contributed by atoms with Gasteiger partial charge in [-0.2, -0.15) is 0 Å². The number of carboxylic acids is 1. The monoisotopic (exact) mass is 394 g/mol. The third-order valence-corrected chi connectivity index (χ3v) is 6.52. The SMILES string of the molecule is CCC(CCCCC[C@H]1[C@@H](O)CC[C@@H]1C=CC(O)CCC(C)=C(C)C)C(=O)O. The molecule has 0 radical (unpaired) electrons. The van der Waals surface area contributed by atoms with Crippen molar-refractivity contribution in [3.05, 3.63) is 23.3 Å². The lowest BCUT2D eigenvalue weighted by Gasteiger charge is -2.20. The van der Waals surface area contributed by atoms with Crippen molar-refractivity contribution in [3.63, 3.8) is 0 Å². The fraction of sp³-hybridized carbons (Fsp3) is 0.792. The molecule has 0 amide bonds. The van der Waals surface area contributed by atoms with E-state index >= 15 is 0 Å². The lowest BCUT2D eigenvalue weighted by atomic mass is 9.88. The molecule has 4 heteroatoms. The zero-order valence-electron chi connectivity index (χ0n) is 18.4. The smallest absolute Gasteiger partial charge is 0.306 e. The molecule has 0 aromatic rings. The standard InChI is InChI=1S/C24H42O4/c1-5-19(24(27)28)9-7-6-8-10-22-20(13-16-23(22)26)12-15-21(25)14-11-18(4)17(2)3/h12,15,19-23,25-26H,5-11,13-14,16H2,1-4H3,(H,27,28)/t19?,20-,21?,22+,23-/m0/s1. The molecule has 162 valence electrons. The van der Waals surface area contributed by atoms with E-state index in [4.69, 9.17) is 5.11 Å². The van der Waals surface area contributed by atoms with Gasteiger partial charge < -0.3 is 15.3 Å². The van der Waals surface area contributed by atoms with Crippen molar-refractivity contribution in [2.75, 3.05) is 0 Å². The molecule has 1 rings (SSSR count). The molecule has 0 saturated heterocycles. The molecular formula is C24H42O4. The van der Waals surface area contributed by atoms with Gasteiger partial charge in [0.2, 0.25) is 0 Å². The van der Waals surface area contributed by atoms with Gasteiger partial charge in [0.15, 0.2) is 0 Å². The van der Waals surface area contributed by atoms with Crippen molar-refractivity contribution < 1.29 is 20.1 Å². The van der Waals surface area contributed by atoms with Crippen LogP contribution in [0.25, 0.3) is 0 Å². The van der Waals surface area contributed by atoms with Gasteiger partial charge in [0.25, 0.3) is 0 Å². The molecular weight excluding hydrogens is 352 g/mol. The van der Waals surface area contributed by atoms with E-state index in [-0.39, 0.29) is 17.9 Å². The molecule has 3 N–H and O–H groups in total. The number of carboxylic acid groups (broad SMARTS) is 1. The van der Waals surface area contributed by atoms with Crippen LogP contribution in [0.1, 0.15) is 91.9 Å². The molecule has 28 heavy (non-hydrogen) atoms. The molecule has 1 aliphatic rings. The topological polar surface area (TPSA) is 77.8 Å². The number of unbranched alkanes of at least 4 members (excludes halogenated alkanes) is 2. The van der Waals surface area contributed by atoms with E-state index < -0.39 is 12.1 Å². The van der Waals surface area contributed by atoms with Crippen LogP contribution in [-0.4, -0.2) is 33.5 Å². The first-order chi connectivity index (χ1) is 13.3. The second-order valence-corrected chi connectivity index (χ2v) is 8.83. The molecule has 1 fully saturated rings. The summed E-state index contributed by atoms with van der Waals surface area (Å²) in [5, 5.41) is 29.7. The van der Waals surface area contributed by atoms with E-state index in [1.165, 1.54) is 11.1 Å². The van der Waals surface area contributed by atoms with E-state index in [0.717, 1.165) is 57.8 Å². The molecule has 1 saturated carbocycles. The lowest BCUT2D eigenvalue weighted by molar-refractivity contribution is -0.142. The Labute approximate surface area is 171 Å². The minimum Gasteiger partial charge on any atom is -0.481 e. The average Bonchev–Trinajstić information content (AvgIpc) is 3.00. The summed E-state index contributed by atoms with van der Waals surface area (Å²) < 4.78 is 0. The number of carbonyl (C=O) groups is 1. The summed E-state index contributed by atoms with van der Waals surface area (Å²) in [6.45, 7) is 8.26. The summed E-state index contributed by atoms with van der Waals surface area (Å²) in [5.74, 6) is -0.289.